The molecule has 7 heteroatoms. The van der Waals surface area contributed by atoms with Crippen molar-refractivity contribution in [2.24, 2.45) is 0 Å². The van der Waals surface area contributed by atoms with Crippen molar-refractivity contribution in [1.29, 1.82) is 0 Å². The Bertz CT molecular complexity index is 906. The van der Waals surface area contributed by atoms with Gasteiger partial charge in [0, 0.05) is 0 Å². The first-order valence-corrected chi connectivity index (χ1v) is 7.82. The highest BCUT2D eigenvalue weighted by Gasteiger charge is 2.16. The van der Waals surface area contributed by atoms with Crippen LogP contribution in [0.15, 0.2) is 53.2 Å². The number of rotatable bonds is 6. The molecular weight excluding hydrogens is 339 g/mol. The van der Waals surface area contributed by atoms with Gasteiger partial charge in [-0.3, -0.25) is 10.1 Å². The van der Waals surface area contributed by atoms with Gasteiger partial charge in [0.15, 0.2) is 11.5 Å². The summed E-state index contributed by atoms with van der Waals surface area (Å²) in [5.41, 5.74) is 2.05. The summed E-state index contributed by atoms with van der Waals surface area (Å²) in [4.78, 5) is 12.2. The third kappa shape index (κ3) is 3.83. The number of carbonyl (C=O) groups is 1. The van der Waals surface area contributed by atoms with Crippen molar-refractivity contribution in [2.75, 3.05) is 19.5 Å². The molecule has 1 amide bonds. The first kappa shape index (κ1) is 17.5. The molecular formula is C19H17FN2O4. The average molecular weight is 356 g/mol. The number of carbonyl (C=O) groups excluding carboxylic acids is 1. The monoisotopic (exact) mass is 356 g/mol. The summed E-state index contributed by atoms with van der Waals surface area (Å²) in [6.07, 6.45) is 1.60. The van der Waals surface area contributed by atoms with E-state index in [-0.39, 0.29) is 24.0 Å². The van der Waals surface area contributed by atoms with Gasteiger partial charge >= 0.3 is 0 Å². The Kier molecular flexibility index (Phi) is 5.17. The van der Waals surface area contributed by atoms with Crippen molar-refractivity contribution in [3.63, 3.8) is 0 Å². The average Bonchev–Trinajstić information content (AvgIpc) is 3.11. The highest BCUT2D eigenvalue weighted by atomic mass is 19.1. The smallest absolute Gasteiger partial charge is 0.239 e. The van der Waals surface area contributed by atoms with E-state index in [1.54, 1.807) is 38.5 Å². The maximum atomic E-state index is 12.9. The fraction of sp³-hybridized carbons (Fsp3) is 0.158. The lowest BCUT2D eigenvalue weighted by Gasteiger charge is -2.09. The van der Waals surface area contributed by atoms with Crippen LogP contribution in [0.3, 0.4) is 0 Å². The lowest BCUT2D eigenvalue weighted by molar-refractivity contribution is -0.115. The molecule has 0 aliphatic rings. The maximum Gasteiger partial charge on any atom is 0.239 e. The van der Waals surface area contributed by atoms with Crippen LogP contribution in [-0.4, -0.2) is 25.3 Å². The minimum Gasteiger partial charge on any atom is -0.493 e. The number of methoxy groups -OCH3 is 2. The lowest BCUT2D eigenvalue weighted by Crippen LogP contribution is -2.14. The fourth-order valence-electron chi connectivity index (χ4n) is 2.50. The van der Waals surface area contributed by atoms with Crippen LogP contribution in [0, 0.1) is 5.82 Å². The number of hydrogen-bond acceptors (Lipinski definition) is 5. The zero-order valence-corrected chi connectivity index (χ0v) is 14.3. The standard InChI is InChI=1S/C19H17FN2O4/c1-24-16-8-5-13(10-17(16)25-2)15-11-21-26-19(15)22-18(23)9-12-3-6-14(20)7-4-12/h3-8,10-11H,9H2,1-2H3,(H,22,23). The van der Waals surface area contributed by atoms with E-state index in [0.717, 1.165) is 5.56 Å². The molecule has 0 fully saturated rings. The molecule has 3 rings (SSSR count). The van der Waals surface area contributed by atoms with Gasteiger partial charge in [0.1, 0.15) is 5.82 Å². The van der Waals surface area contributed by atoms with E-state index < -0.39 is 0 Å². The second kappa shape index (κ2) is 7.69. The molecule has 0 bridgehead atoms. The molecule has 0 aliphatic carbocycles. The second-order valence-electron chi connectivity index (χ2n) is 5.49. The van der Waals surface area contributed by atoms with Crippen molar-refractivity contribution >= 4 is 11.8 Å². The van der Waals surface area contributed by atoms with Crippen LogP contribution < -0.4 is 14.8 Å². The molecule has 0 spiro atoms. The molecule has 1 aromatic heterocycles. The van der Waals surface area contributed by atoms with Crippen LogP contribution in [0.4, 0.5) is 10.3 Å². The van der Waals surface area contributed by atoms with Crippen LogP contribution in [0.25, 0.3) is 11.1 Å². The van der Waals surface area contributed by atoms with E-state index in [2.05, 4.69) is 10.5 Å². The van der Waals surface area contributed by atoms with Crippen molar-refractivity contribution in [3.8, 4) is 22.6 Å². The molecule has 0 saturated heterocycles. The van der Waals surface area contributed by atoms with Crippen LogP contribution in [0.2, 0.25) is 0 Å². The van der Waals surface area contributed by atoms with Crippen LogP contribution in [0.1, 0.15) is 5.56 Å². The first-order valence-electron chi connectivity index (χ1n) is 7.82. The SMILES string of the molecule is COc1ccc(-c2cnoc2NC(=O)Cc2ccc(F)cc2)cc1OC. The Labute approximate surface area is 149 Å². The number of ether oxygens (including phenoxy) is 2. The topological polar surface area (TPSA) is 73.6 Å². The van der Waals surface area contributed by atoms with Crippen molar-refractivity contribution < 1.29 is 23.2 Å². The molecule has 6 nitrogen and oxygen atoms in total. The Morgan fingerprint density at radius 1 is 1.12 bits per heavy atom. The summed E-state index contributed by atoms with van der Waals surface area (Å²) < 4.78 is 28.6. The third-order valence-electron chi connectivity index (χ3n) is 3.80. The van der Waals surface area contributed by atoms with Gasteiger partial charge in [-0.1, -0.05) is 23.4 Å². The minimum absolute atomic E-state index is 0.0896. The quantitative estimate of drug-likeness (QED) is 0.729. The lowest BCUT2D eigenvalue weighted by atomic mass is 10.1. The number of amides is 1. The predicted octanol–water partition coefficient (Wildman–Crippen LogP) is 3.68. The molecule has 2 aromatic carbocycles. The summed E-state index contributed by atoms with van der Waals surface area (Å²) in [5.74, 6) is 0.726. The highest BCUT2D eigenvalue weighted by Crippen LogP contribution is 2.35. The van der Waals surface area contributed by atoms with Crippen molar-refractivity contribution in [2.45, 2.75) is 6.42 Å². The van der Waals surface area contributed by atoms with E-state index >= 15 is 0 Å². The molecule has 0 unspecified atom stereocenters. The summed E-state index contributed by atoms with van der Waals surface area (Å²) in [6, 6.07) is 11.1. The molecule has 0 atom stereocenters. The van der Waals surface area contributed by atoms with Gasteiger partial charge in [-0.25, -0.2) is 4.39 Å². The molecule has 3 aromatic rings. The number of nitrogens with zero attached hydrogens (tertiary/aromatic N) is 1. The van der Waals surface area contributed by atoms with Crippen molar-refractivity contribution in [3.05, 3.63) is 60.0 Å². The second-order valence-corrected chi connectivity index (χ2v) is 5.49. The first-order chi connectivity index (χ1) is 12.6. The molecule has 134 valence electrons. The molecule has 1 N–H and O–H groups in total. The minimum atomic E-state index is -0.347. The number of halogens is 1. The largest absolute Gasteiger partial charge is 0.493 e. The number of aromatic nitrogens is 1. The zero-order valence-electron chi connectivity index (χ0n) is 14.3. The Hall–Kier alpha value is -3.35. The van der Waals surface area contributed by atoms with Gasteiger partial charge < -0.3 is 14.0 Å². The molecule has 26 heavy (non-hydrogen) atoms. The predicted molar refractivity (Wildman–Crippen MR) is 93.8 cm³/mol. The fourth-order valence-corrected chi connectivity index (χ4v) is 2.50. The van der Waals surface area contributed by atoms with Gasteiger partial charge in [-0.15, -0.1) is 0 Å². The Balaban J connectivity index is 1.78. The summed E-state index contributed by atoms with van der Waals surface area (Å²) >= 11 is 0. The van der Waals surface area contributed by atoms with E-state index in [9.17, 15) is 9.18 Å². The van der Waals surface area contributed by atoms with Gasteiger partial charge in [-0.2, -0.15) is 0 Å². The molecule has 1 heterocycles. The van der Waals surface area contributed by atoms with Gasteiger partial charge in [-0.05, 0) is 35.4 Å². The van der Waals surface area contributed by atoms with E-state index in [4.69, 9.17) is 14.0 Å². The molecule has 0 saturated carbocycles. The van der Waals surface area contributed by atoms with E-state index in [0.29, 0.717) is 22.6 Å². The summed E-state index contributed by atoms with van der Waals surface area (Å²) in [6.45, 7) is 0. The van der Waals surface area contributed by atoms with E-state index in [1.807, 2.05) is 6.07 Å². The summed E-state index contributed by atoms with van der Waals surface area (Å²) in [7, 11) is 3.10. The Morgan fingerprint density at radius 3 is 2.54 bits per heavy atom. The maximum absolute atomic E-state index is 12.9. The van der Waals surface area contributed by atoms with E-state index in [1.165, 1.54) is 18.3 Å². The number of benzene rings is 2. The van der Waals surface area contributed by atoms with Gasteiger partial charge in [0.05, 0.1) is 32.4 Å². The summed E-state index contributed by atoms with van der Waals surface area (Å²) in [5, 5.41) is 6.44. The van der Waals surface area contributed by atoms with Crippen molar-refractivity contribution in [1.82, 2.24) is 5.16 Å². The third-order valence-corrected chi connectivity index (χ3v) is 3.80. The van der Waals surface area contributed by atoms with Gasteiger partial charge in [0.25, 0.3) is 0 Å². The van der Waals surface area contributed by atoms with Crippen LogP contribution in [0.5, 0.6) is 11.5 Å². The molecule has 0 aliphatic heterocycles. The normalized spacial score (nSPS) is 10.4. The number of hydrogen-bond donors (Lipinski definition) is 1. The number of nitrogens with one attached hydrogen (secondary N) is 1. The zero-order chi connectivity index (χ0) is 18.5. The van der Waals surface area contributed by atoms with Crippen LogP contribution in [-0.2, 0) is 11.2 Å². The molecule has 0 radical (unpaired) electrons. The Morgan fingerprint density at radius 2 is 1.85 bits per heavy atom. The number of anilines is 1. The highest BCUT2D eigenvalue weighted by molar-refractivity contribution is 5.94. The van der Waals surface area contributed by atoms with Gasteiger partial charge in [0.2, 0.25) is 11.8 Å². The van der Waals surface area contributed by atoms with Crippen LogP contribution >= 0.6 is 0 Å².